The molecule has 1 aromatic rings. The van der Waals surface area contributed by atoms with E-state index in [0.717, 1.165) is 12.8 Å². The first-order chi connectivity index (χ1) is 8.37. The van der Waals surface area contributed by atoms with E-state index in [2.05, 4.69) is 19.2 Å². The van der Waals surface area contributed by atoms with Crippen molar-refractivity contribution in [3.63, 3.8) is 0 Å². The fourth-order valence-corrected chi connectivity index (χ4v) is 2.59. The zero-order chi connectivity index (χ0) is 13.3. The van der Waals surface area contributed by atoms with Crippen LogP contribution in [0.4, 0.5) is 8.78 Å². The molecule has 1 aliphatic carbocycles. The predicted molar refractivity (Wildman–Crippen MR) is 66.3 cm³/mol. The van der Waals surface area contributed by atoms with Gasteiger partial charge < -0.3 is 10.4 Å². The fourth-order valence-electron chi connectivity index (χ4n) is 2.59. The van der Waals surface area contributed by atoms with Crippen molar-refractivity contribution in [1.29, 1.82) is 0 Å². The maximum Gasteiger partial charge on any atom is 0.187 e. The number of phenols is 1. The maximum atomic E-state index is 13.1. The molecule has 0 heterocycles. The van der Waals surface area contributed by atoms with Gasteiger partial charge >= 0.3 is 0 Å². The first-order valence-electron chi connectivity index (χ1n) is 6.28. The van der Waals surface area contributed by atoms with Gasteiger partial charge in [0.05, 0.1) is 0 Å². The van der Waals surface area contributed by atoms with Gasteiger partial charge in [-0.05, 0) is 42.4 Å². The Morgan fingerprint density at radius 2 is 1.94 bits per heavy atom. The normalized spacial score (nSPS) is 22.3. The van der Waals surface area contributed by atoms with Gasteiger partial charge in [0.1, 0.15) is 0 Å². The van der Waals surface area contributed by atoms with E-state index in [4.69, 9.17) is 5.11 Å². The highest BCUT2D eigenvalue weighted by Gasteiger charge is 2.30. The van der Waals surface area contributed by atoms with E-state index in [9.17, 15) is 8.78 Å². The van der Waals surface area contributed by atoms with Crippen LogP contribution in [0.2, 0.25) is 0 Å². The minimum absolute atomic E-state index is 0.350. The van der Waals surface area contributed by atoms with Crippen molar-refractivity contribution in [1.82, 2.24) is 5.32 Å². The first-order valence-corrected chi connectivity index (χ1v) is 6.28. The molecule has 1 unspecified atom stereocenters. The average molecular weight is 255 g/mol. The molecule has 0 aliphatic heterocycles. The van der Waals surface area contributed by atoms with Gasteiger partial charge in [-0.1, -0.05) is 13.8 Å². The van der Waals surface area contributed by atoms with Crippen molar-refractivity contribution in [2.24, 2.45) is 5.41 Å². The SMILES string of the molecule is CC1(C)CCC(NCc2cc(F)c(O)c(F)c2)C1. The highest BCUT2D eigenvalue weighted by Crippen LogP contribution is 2.37. The van der Waals surface area contributed by atoms with E-state index in [-0.39, 0.29) is 0 Å². The highest BCUT2D eigenvalue weighted by molar-refractivity contribution is 5.30. The van der Waals surface area contributed by atoms with Crippen molar-refractivity contribution < 1.29 is 13.9 Å². The summed E-state index contributed by atoms with van der Waals surface area (Å²) >= 11 is 0. The molecule has 100 valence electrons. The Kier molecular flexibility index (Phi) is 3.57. The largest absolute Gasteiger partial charge is 0.503 e. The third-order valence-corrected chi connectivity index (χ3v) is 3.64. The van der Waals surface area contributed by atoms with Gasteiger partial charge in [-0.15, -0.1) is 0 Å². The number of benzene rings is 1. The van der Waals surface area contributed by atoms with Crippen molar-refractivity contribution in [2.45, 2.75) is 45.7 Å². The van der Waals surface area contributed by atoms with Crippen LogP contribution in [0.25, 0.3) is 0 Å². The first kappa shape index (κ1) is 13.3. The van der Waals surface area contributed by atoms with Crippen molar-refractivity contribution >= 4 is 0 Å². The van der Waals surface area contributed by atoms with Gasteiger partial charge in [-0.2, -0.15) is 0 Å². The van der Waals surface area contributed by atoms with Crippen molar-refractivity contribution in [3.8, 4) is 5.75 Å². The Hall–Kier alpha value is -1.16. The molecule has 2 rings (SSSR count). The number of rotatable bonds is 3. The molecule has 1 aromatic carbocycles. The molecule has 0 radical (unpaired) electrons. The van der Waals surface area contributed by atoms with Crippen LogP contribution < -0.4 is 5.32 Å². The number of nitrogens with one attached hydrogen (secondary N) is 1. The van der Waals surface area contributed by atoms with E-state index in [1.807, 2.05) is 0 Å². The van der Waals surface area contributed by atoms with Crippen LogP contribution in [0.15, 0.2) is 12.1 Å². The van der Waals surface area contributed by atoms with Crippen LogP contribution in [0, 0.1) is 17.0 Å². The van der Waals surface area contributed by atoms with E-state index < -0.39 is 17.4 Å². The lowest BCUT2D eigenvalue weighted by molar-refractivity contribution is 0.363. The summed E-state index contributed by atoms with van der Waals surface area (Å²) in [5.41, 5.74) is 0.871. The van der Waals surface area contributed by atoms with E-state index >= 15 is 0 Å². The van der Waals surface area contributed by atoms with Gasteiger partial charge in [0.2, 0.25) is 0 Å². The Morgan fingerprint density at radius 1 is 1.33 bits per heavy atom. The summed E-state index contributed by atoms with van der Waals surface area (Å²) in [6.07, 6.45) is 3.34. The van der Waals surface area contributed by atoms with E-state index in [1.54, 1.807) is 0 Å². The molecule has 1 aliphatic rings. The number of aromatic hydroxyl groups is 1. The number of halogens is 2. The minimum atomic E-state index is -0.904. The van der Waals surface area contributed by atoms with Crippen molar-refractivity contribution in [2.75, 3.05) is 0 Å². The quantitative estimate of drug-likeness (QED) is 0.868. The summed E-state index contributed by atoms with van der Waals surface area (Å²) in [5.74, 6) is -2.71. The molecular formula is C14H19F2NO. The third-order valence-electron chi connectivity index (χ3n) is 3.64. The second-order valence-corrected chi connectivity index (χ2v) is 5.89. The third kappa shape index (κ3) is 2.99. The van der Waals surface area contributed by atoms with Gasteiger partial charge in [0.25, 0.3) is 0 Å². The van der Waals surface area contributed by atoms with Crippen LogP contribution in [0.3, 0.4) is 0 Å². The Bertz CT molecular complexity index is 422. The van der Waals surface area contributed by atoms with E-state index in [1.165, 1.54) is 18.6 Å². The lowest BCUT2D eigenvalue weighted by Gasteiger charge is -2.18. The van der Waals surface area contributed by atoms with Crippen LogP contribution in [-0.4, -0.2) is 11.1 Å². The zero-order valence-electron chi connectivity index (χ0n) is 10.8. The zero-order valence-corrected chi connectivity index (χ0v) is 10.8. The molecule has 0 saturated heterocycles. The van der Waals surface area contributed by atoms with Gasteiger partial charge in [-0.25, -0.2) is 8.78 Å². The number of hydrogen-bond acceptors (Lipinski definition) is 2. The van der Waals surface area contributed by atoms with Gasteiger partial charge in [0, 0.05) is 12.6 Å². The molecule has 4 heteroatoms. The lowest BCUT2D eigenvalue weighted by Crippen LogP contribution is -2.26. The maximum absolute atomic E-state index is 13.1. The number of phenolic OH excluding ortho intramolecular Hbond substituents is 1. The topological polar surface area (TPSA) is 32.3 Å². The predicted octanol–water partition coefficient (Wildman–Crippen LogP) is 3.34. The Morgan fingerprint density at radius 3 is 2.44 bits per heavy atom. The summed E-state index contributed by atoms with van der Waals surface area (Å²) in [6, 6.07) is 2.75. The summed E-state index contributed by atoms with van der Waals surface area (Å²) in [5, 5.41) is 12.3. The summed E-state index contributed by atoms with van der Waals surface area (Å²) in [6.45, 7) is 4.89. The summed E-state index contributed by atoms with van der Waals surface area (Å²) in [4.78, 5) is 0. The molecule has 0 bridgehead atoms. The molecule has 1 fully saturated rings. The van der Waals surface area contributed by atoms with Crippen LogP contribution in [0.5, 0.6) is 5.75 Å². The number of hydrogen-bond donors (Lipinski definition) is 2. The molecule has 18 heavy (non-hydrogen) atoms. The second kappa shape index (κ2) is 4.84. The standard InChI is InChI=1S/C14H19F2NO/c1-14(2)4-3-10(7-14)17-8-9-5-11(15)13(18)12(16)6-9/h5-6,10,17-18H,3-4,7-8H2,1-2H3. The minimum Gasteiger partial charge on any atom is -0.503 e. The lowest BCUT2D eigenvalue weighted by atomic mass is 9.92. The molecular weight excluding hydrogens is 236 g/mol. The molecule has 0 spiro atoms. The summed E-state index contributed by atoms with van der Waals surface area (Å²) < 4.78 is 26.3. The van der Waals surface area contributed by atoms with Crippen LogP contribution >= 0.6 is 0 Å². The van der Waals surface area contributed by atoms with Crippen LogP contribution in [0.1, 0.15) is 38.7 Å². The van der Waals surface area contributed by atoms with Gasteiger partial charge in [0.15, 0.2) is 17.4 Å². The molecule has 2 nitrogen and oxygen atoms in total. The Labute approximate surface area is 106 Å². The molecule has 0 amide bonds. The Balaban J connectivity index is 1.95. The van der Waals surface area contributed by atoms with Crippen molar-refractivity contribution in [3.05, 3.63) is 29.3 Å². The fraction of sp³-hybridized carbons (Fsp3) is 0.571. The molecule has 0 aromatic heterocycles. The molecule has 1 atom stereocenters. The smallest absolute Gasteiger partial charge is 0.187 e. The summed E-state index contributed by atoms with van der Waals surface area (Å²) in [7, 11) is 0. The van der Waals surface area contributed by atoms with Gasteiger partial charge in [-0.3, -0.25) is 0 Å². The monoisotopic (exact) mass is 255 g/mol. The molecule has 2 N–H and O–H groups in total. The average Bonchev–Trinajstić information content (AvgIpc) is 2.63. The second-order valence-electron chi connectivity index (χ2n) is 5.89. The molecule has 1 saturated carbocycles. The van der Waals surface area contributed by atoms with Crippen LogP contribution in [-0.2, 0) is 6.54 Å². The highest BCUT2D eigenvalue weighted by atomic mass is 19.1. The van der Waals surface area contributed by atoms with E-state index in [0.29, 0.717) is 23.6 Å².